The number of aryl methyl sites for hydroxylation is 1. The second-order valence-electron chi connectivity index (χ2n) is 6.34. The molecule has 1 unspecified atom stereocenters. The summed E-state index contributed by atoms with van der Waals surface area (Å²) in [6.45, 7) is 4.80. The monoisotopic (exact) mass is 289 g/mol. The standard InChI is InChI=1S/C18H27NO2/c1-14-5-2-6-15(13-19-16-9-10-16)18(14)21-12-4-8-17-7-3-11-20-17/h2,5-6,16-17,19H,3-4,7-13H2,1H3. The van der Waals surface area contributed by atoms with Crippen molar-refractivity contribution in [1.29, 1.82) is 0 Å². The maximum Gasteiger partial charge on any atom is 0.126 e. The second kappa shape index (κ2) is 7.28. The van der Waals surface area contributed by atoms with Crippen molar-refractivity contribution < 1.29 is 9.47 Å². The van der Waals surface area contributed by atoms with Crippen molar-refractivity contribution in [3.63, 3.8) is 0 Å². The van der Waals surface area contributed by atoms with Crippen LogP contribution in [0.5, 0.6) is 5.75 Å². The molecule has 1 atom stereocenters. The number of hydrogen-bond donors (Lipinski definition) is 1. The smallest absolute Gasteiger partial charge is 0.126 e. The van der Waals surface area contributed by atoms with Crippen molar-refractivity contribution in [2.75, 3.05) is 13.2 Å². The van der Waals surface area contributed by atoms with Gasteiger partial charge in [0.15, 0.2) is 0 Å². The first kappa shape index (κ1) is 14.9. The summed E-state index contributed by atoms with van der Waals surface area (Å²) in [6.07, 6.45) is 7.77. The molecule has 1 saturated carbocycles. The van der Waals surface area contributed by atoms with Gasteiger partial charge in [0.25, 0.3) is 0 Å². The van der Waals surface area contributed by atoms with E-state index in [4.69, 9.17) is 9.47 Å². The van der Waals surface area contributed by atoms with Crippen LogP contribution < -0.4 is 10.1 Å². The fourth-order valence-corrected chi connectivity index (χ4v) is 2.96. The Bertz CT molecular complexity index is 451. The Labute approximate surface area is 128 Å². The van der Waals surface area contributed by atoms with Crippen LogP contribution in [0.2, 0.25) is 0 Å². The summed E-state index contributed by atoms with van der Waals surface area (Å²) in [5, 5.41) is 3.58. The van der Waals surface area contributed by atoms with E-state index in [9.17, 15) is 0 Å². The van der Waals surface area contributed by atoms with Gasteiger partial charge in [-0.15, -0.1) is 0 Å². The average molecular weight is 289 g/mol. The minimum absolute atomic E-state index is 0.474. The van der Waals surface area contributed by atoms with Crippen LogP contribution in [0.25, 0.3) is 0 Å². The summed E-state index contributed by atoms with van der Waals surface area (Å²) in [4.78, 5) is 0. The predicted molar refractivity (Wildman–Crippen MR) is 84.7 cm³/mol. The van der Waals surface area contributed by atoms with Crippen LogP contribution in [0.3, 0.4) is 0 Å². The molecule has 0 aromatic heterocycles. The number of benzene rings is 1. The zero-order chi connectivity index (χ0) is 14.5. The lowest BCUT2D eigenvalue weighted by Crippen LogP contribution is -2.16. The van der Waals surface area contributed by atoms with Gasteiger partial charge in [-0.3, -0.25) is 0 Å². The molecule has 3 nitrogen and oxygen atoms in total. The lowest BCUT2D eigenvalue weighted by Gasteiger charge is -2.15. The highest BCUT2D eigenvalue weighted by Crippen LogP contribution is 2.26. The van der Waals surface area contributed by atoms with Crippen molar-refractivity contribution in [1.82, 2.24) is 5.32 Å². The predicted octanol–water partition coefficient (Wildman–Crippen LogP) is 3.59. The van der Waals surface area contributed by atoms with E-state index in [1.165, 1.54) is 36.8 Å². The van der Waals surface area contributed by atoms with Gasteiger partial charge in [-0.1, -0.05) is 18.2 Å². The molecule has 0 spiro atoms. The molecule has 1 aliphatic heterocycles. The maximum atomic E-state index is 6.08. The summed E-state index contributed by atoms with van der Waals surface area (Å²) in [6, 6.07) is 7.17. The normalized spacial score (nSPS) is 21.7. The van der Waals surface area contributed by atoms with Gasteiger partial charge in [-0.25, -0.2) is 0 Å². The van der Waals surface area contributed by atoms with Crippen LogP contribution in [-0.2, 0) is 11.3 Å². The second-order valence-corrected chi connectivity index (χ2v) is 6.34. The zero-order valence-electron chi connectivity index (χ0n) is 13.1. The number of hydrogen-bond acceptors (Lipinski definition) is 3. The van der Waals surface area contributed by atoms with Gasteiger partial charge in [0.05, 0.1) is 12.7 Å². The van der Waals surface area contributed by atoms with Crippen LogP contribution in [0, 0.1) is 6.92 Å². The molecule has 0 amide bonds. The minimum atomic E-state index is 0.474. The van der Waals surface area contributed by atoms with Crippen LogP contribution in [-0.4, -0.2) is 25.4 Å². The molecular formula is C18H27NO2. The summed E-state index contributed by atoms with van der Waals surface area (Å²) in [7, 11) is 0. The van der Waals surface area contributed by atoms with E-state index in [2.05, 4.69) is 30.4 Å². The Kier molecular flexibility index (Phi) is 5.15. The quantitative estimate of drug-likeness (QED) is 0.742. The molecule has 21 heavy (non-hydrogen) atoms. The van der Waals surface area contributed by atoms with Crippen molar-refractivity contribution in [2.24, 2.45) is 0 Å². The van der Waals surface area contributed by atoms with Gasteiger partial charge < -0.3 is 14.8 Å². The molecule has 0 radical (unpaired) electrons. The molecule has 1 saturated heterocycles. The number of para-hydroxylation sites is 1. The lowest BCUT2D eigenvalue weighted by molar-refractivity contribution is 0.0980. The van der Waals surface area contributed by atoms with Crippen molar-refractivity contribution in [2.45, 2.75) is 64.1 Å². The van der Waals surface area contributed by atoms with Crippen molar-refractivity contribution >= 4 is 0 Å². The van der Waals surface area contributed by atoms with Gasteiger partial charge in [-0.05, 0) is 51.0 Å². The third-order valence-electron chi connectivity index (χ3n) is 4.39. The molecule has 1 aliphatic carbocycles. The van der Waals surface area contributed by atoms with E-state index in [1.54, 1.807) is 0 Å². The number of nitrogens with one attached hydrogen (secondary N) is 1. The third kappa shape index (κ3) is 4.45. The maximum absolute atomic E-state index is 6.08. The summed E-state index contributed by atoms with van der Waals surface area (Å²) >= 11 is 0. The van der Waals surface area contributed by atoms with Crippen molar-refractivity contribution in [3.05, 3.63) is 29.3 Å². The van der Waals surface area contributed by atoms with Crippen LogP contribution in [0.1, 0.15) is 49.7 Å². The Hall–Kier alpha value is -1.06. The molecule has 1 aromatic rings. The lowest BCUT2D eigenvalue weighted by atomic mass is 10.1. The molecule has 3 rings (SSSR count). The molecule has 1 aromatic carbocycles. The SMILES string of the molecule is Cc1cccc(CNC2CC2)c1OCCCC1CCCO1. The van der Waals surface area contributed by atoms with Gasteiger partial charge in [0.1, 0.15) is 5.75 Å². The third-order valence-corrected chi connectivity index (χ3v) is 4.39. The first-order chi connectivity index (χ1) is 10.3. The van der Waals surface area contributed by atoms with E-state index in [-0.39, 0.29) is 0 Å². The van der Waals surface area contributed by atoms with E-state index < -0.39 is 0 Å². The van der Waals surface area contributed by atoms with E-state index in [1.807, 2.05) is 0 Å². The first-order valence-electron chi connectivity index (χ1n) is 8.39. The molecule has 1 heterocycles. The van der Waals surface area contributed by atoms with E-state index >= 15 is 0 Å². The average Bonchev–Trinajstić information content (AvgIpc) is 3.17. The Morgan fingerprint density at radius 2 is 2.19 bits per heavy atom. The number of rotatable bonds is 8. The fourth-order valence-electron chi connectivity index (χ4n) is 2.96. The highest BCUT2D eigenvalue weighted by Gasteiger charge is 2.21. The molecule has 2 aliphatic rings. The first-order valence-corrected chi connectivity index (χ1v) is 8.39. The Morgan fingerprint density at radius 1 is 1.29 bits per heavy atom. The molecule has 0 bridgehead atoms. The van der Waals surface area contributed by atoms with Gasteiger partial charge >= 0.3 is 0 Å². The highest BCUT2D eigenvalue weighted by atomic mass is 16.5. The molecule has 2 fully saturated rings. The molecular weight excluding hydrogens is 262 g/mol. The fraction of sp³-hybridized carbons (Fsp3) is 0.667. The summed E-state index contributed by atoms with van der Waals surface area (Å²) in [5.74, 6) is 1.08. The molecule has 116 valence electrons. The van der Waals surface area contributed by atoms with Gasteiger partial charge in [0.2, 0.25) is 0 Å². The topological polar surface area (TPSA) is 30.5 Å². The van der Waals surface area contributed by atoms with Gasteiger partial charge in [-0.2, -0.15) is 0 Å². The highest BCUT2D eigenvalue weighted by molar-refractivity contribution is 5.40. The van der Waals surface area contributed by atoms with Crippen LogP contribution in [0.4, 0.5) is 0 Å². The van der Waals surface area contributed by atoms with Crippen molar-refractivity contribution in [3.8, 4) is 5.75 Å². The Morgan fingerprint density at radius 3 is 2.95 bits per heavy atom. The van der Waals surface area contributed by atoms with Crippen LogP contribution in [0.15, 0.2) is 18.2 Å². The Balaban J connectivity index is 1.47. The minimum Gasteiger partial charge on any atom is -0.493 e. The number of ether oxygens (including phenoxy) is 2. The van der Waals surface area contributed by atoms with Crippen LogP contribution >= 0.6 is 0 Å². The molecule has 3 heteroatoms. The summed E-state index contributed by atoms with van der Waals surface area (Å²) in [5.41, 5.74) is 2.53. The van der Waals surface area contributed by atoms with Gasteiger partial charge in [0, 0.05) is 24.8 Å². The van der Waals surface area contributed by atoms with E-state index in [0.29, 0.717) is 6.10 Å². The summed E-state index contributed by atoms with van der Waals surface area (Å²) < 4.78 is 11.7. The largest absolute Gasteiger partial charge is 0.493 e. The molecule has 1 N–H and O–H groups in total. The van der Waals surface area contributed by atoms with E-state index in [0.717, 1.165) is 44.4 Å². The zero-order valence-corrected chi connectivity index (χ0v) is 13.1.